The number of para-hydroxylation sites is 2. The summed E-state index contributed by atoms with van der Waals surface area (Å²) >= 11 is 0. The van der Waals surface area contributed by atoms with Crippen LogP contribution in [0.2, 0.25) is 0 Å². The topological polar surface area (TPSA) is 79.7 Å². The maximum Gasteiger partial charge on any atom is 0.322 e. The van der Waals surface area contributed by atoms with Crippen molar-refractivity contribution in [3.8, 4) is 0 Å². The van der Waals surface area contributed by atoms with Crippen LogP contribution in [0.25, 0.3) is 10.9 Å². The quantitative estimate of drug-likeness (QED) is 0.621. The summed E-state index contributed by atoms with van der Waals surface area (Å²) in [5, 5.41) is 3.22. The van der Waals surface area contributed by atoms with Gasteiger partial charge in [0.25, 0.3) is 5.56 Å². The molecule has 2 amide bonds. The highest BCUT2D eigenvalue weighted by Crippen LogP contribution is 2.22. The Bertz CT molecular complexity index is 1190. The van der Waals surface area contributed by atoms with Crippen molar-refractivity contribution in [2.45, 2.75) is 19.5 Å². The summed E-state index contributed by atoms with van der Waals surface area (Å²) in [5.74, 6) is 0.217. The number of rotatable bonds is 6. The highest BCUT2D eigenvalue weighted by molar-refractivity contribution is 5.89. The molecule has 3 aromatic rings. The van der Waals surface area contributed by atoms with Crippen molar-refractivity contribution < 1.29 is 13.9 Å². The van der Waals surface area contributed by atoms with Crippen LogP contribution >= 0.6 is 0 Å². The minimum Gasteiger partial charge on any atom is -0.383 e. The molecule has 1 aromatic heterocycles. The zero-order valence-corrected chi connectivity index (χ0v) is 18.8. The predicted molar refractivity (Wildman–Crippen MR) is 125 cm³/mol. The van der Waals surface area contributed by atoms with Crippen molar-refractivity contribution in [3.63, 3.8) is 0 Å². The van der Waals surface area contributed by atoms with E-state index in [-0.39, 0.29) is 23.3 Å². The molecule has 2 heterocycles. The van der Waals surface area contributed by atoms with Crippen LogP contribution in [0.5, 0.6) is 0 Å². The summed E-state index contributed by atoms with van der Waals surface area (Å²) in [6.07, 6.45) is 0. The number of piperazine rings is 1. The Kier molecular flexibility index (Phi) is 7.00. The fourth-order valence-electron chi connectivity index (χ4n) is 4.14. The lowest BCUT2D eigenvalue weighted by Gasteiger charge is -2.38. The van der Waals surface area contributed by atoms with Crippen LogP contribution in [0.1, 0.15) is 18.8 Å². The Morgan fingerprint density at radius 3 is 2.55 bits per heavy atom. The summed E-state index contributed by atoms with van der Waals surface area (Å²) < 4.78 is 20.8. The van der Waals surface area contributed by atoms with Crippen molar-refractivity contribution in [2.24, 2.45) is 0 Å². The molecule has 1 atom stereocenters. The smallest absolute Gasteiger partial charge is 0.322 e. The summed E-state index contributed by atoms with van der Waals surface area (Å²) in [5.41, 5.74) is 0.754. The van der Waals surface area contributed by atoms with Crippen molar-refractivity contribution >= 4 is 22.6 Å². The molecule has 1 unspecified atom stereocenters. The van der Waals surface area contributed by atoms with Gasteiger partial charge in [0.2, 0.25) is 0 Å². The van der Waals surface area contributed by atoms with Gasteiger partial charge in [-0.3, -0.25) is 14.3 Å². The number of benzene rings is 2. The Morgan fingerprint density at radius 2 is 1.82 bits per heavy atom. The highest BCUT2D eigenvalue weighted by Gasteiger charge is 2.28. The van der Waals surface area contributed by atoms with E-state index in [2.05, 4.69) is 10.2 Å². The molecule has 1 fully saturated rings. The second kappa shape index (κ2) is 10.1. The molecule has 0 radical (unpaired) electrons. The molecule has 8 nitrogen and oxygen atoms in total. The van der Waals surface area contributed by atoms with Gasteiger partial charge in [-0.05, 0) is 31.2 Å². The molecule has 1 aliphatic rings. The molecule has 2 aromatic carbocycles. The number of methoxy groups -OCH3 is 1. The number of hydrogen-bond acceptors (Lipinski definition) is 5. The number of amides is 2. The van der Waals surface area contributed by atoms with Crippen molar-refractivity contribution in [1.29, 1.82) is 0 Å². The van der Waals surface area contributed by atoms with Gasteiger partial charge < -0.3 is 15.0 Å². The van der Waals surface area contributed by atoms with Crippen molar-refractivity contribution in [2.75, 3.05) is 45.2 Å². The molecule has 0 saturated carbocycles. The fourth-order valence-corrected chi connectivity index (χ4v) is 4.14. The lowest BCUT2D eigenvalue weighted by atomic mass is 10.2. The van der Waals surface area contributed by atoms with E-state index < -0.39 is 5.82 Å². The van der Waals surface area contributed by atoms with Crippen LogP contribution in [0, 0.1) is 5.82 Å². The maximum atomic E-state index is 13.9. The normalized spacial score (nSPS) is 15.5. The van der Waals surface area contributed by atoms with E-state index in [1.54, 1.807) is 34.8 Å². The monoisotopic (exact) mass is 453 g/mol. The van der Waals surface area contributed by atoms with Gasteiger partial charge in [-0.15, -0.1) is 0 Å². The van der Waals surface area contributed by atoms with Gasteiger partial charge in [0.05, 0.1) is 35.8 Å². The molecule has 0 bridgehead atoms. The first-order chi connectivity index (χ1) is 16.0. The molecule has 0 spiro atoms. The number of fused-ring (bicyclic) bond motifs is 1. The predicted octanol–water partition coefficient (Wildman–Crippen LogP) is 3.09. The molecule has 1 N–H and O–H groups in total. The van der Waals surface area contributed by atoms with Gasteiger partial charge in [-0.25, -0.2) is 14.2 Å². The van der Waals surface area contributed by atoms with Crippen LogP contribution in [0.4, 0.5) is 14.9 Å². The minimum absolute atomic E-state index is 0.0811. The number of hydrogen-bond donors (Lipinski definition) is 1. The molecule has 174 valence electrons. The molecule has 9 heteroatoms. The van der Waals surface area contributed by atoms with Gasteiger partial charge in [-0.2, -0.15) is 0 Å². The van der Waals surface area contributed by atoms with Gasteiger partial charge in [-0.1, -0.05) is 24.3 Å². The molecule has 33 heavy (non-hydrogen) atoms. The minimum atomic E-state index is -0.463. The van der Waals surface area contributed by atoms with Crippen LogP contribution in [-0.4, -0.2) is 65.3 Å². The van der Waals surface area contributed by atoms with Gasteiger partial charge in [0.1, 0.15) is 11.6 Å². The molecule has 1 saturated heterocycles. The number of anilines is 1. The SMILES string of the molecule is COCCn1c(C(C)N2CCN(C(=O)Nc3ccccc3F)CC2)nc2ccccc2c1=O. The first-order valence-electron chi connectivity index (χ1n) is 11.0. The fraction of sp³-hybridized carbons (Fsp3) is 0.375. The van der Waals surface area contributed by atoms with Crippen LogP contribution in [-0.2, 0) is 11.3 Å². The van der Waals surface area contributed by atoms with E-state index in [1.165, 1.54) is 12.1 Å². The Labute approximate surface area is 191 Å². The van der Waals surface area contributed by atoms with Gasteiger partial charge >= 0.3 is 6.03 Å². The standard InChI is InChI=1S/C24H28FN5O3/c1-17(22-26-20-9-5-3-7-18(20)23(31)30(22)15-16-33-2)28-11-13-29(14-12-28)24(32)27-21-10-6-4-8-19(21)25/h3-10,17H,11-16H2,1-2H3,(H,27,32). The Balaban J connectivity index is 1.49. The molecule has 1 aliphatic heterocycles. The number of halogens is 1. The van der Waals surface area contributed by atoms with Crippen LogP contribution in [0.3, 0.4) is 0 Å². The molecular formula is C24H28FN5O3. The number of urea groups is 1. The van der Waals surface area contributed by atoms with Crippen molar-refractivity contribution in [1.82, 2.24) is 19.4 Å². The van der Waals surface area contributed by atoms with E-state index >= 15 is 0 Å². The highest BCUT2D eigenvalue weighted by atomic mass is 19.1. The zero-order valence-electron chi connectivity index (χ0n) is 18.8. The number of nitrogens with zero attached hydrogens (tertiary/aromatic N) is 4. The van der Waals surface area contributed by atoms with Crippen LogP contribution < -0.4 is 10.9 Å². The molecule has 4 rings (SSSR count). The first-order valence-corrected chi connectivity index (χ1v) is 11.0. The number of carbonyl (C=O) groups excluding carboxylic acids is 1. The number of ether oxygens (including phenoxy) is 1. The van der Waals surface area contributed by atoms with E-state index in [0.29, 0.717) is 56.1 Å². The second-order valence-electron chi connectivity index (χ2n) is 8.05. The van der Waals surface area contributed by atoms with E-state index in [4.69, 9.17) is 9.72 Å². The lowest BCUT2D eigenvalue weighted by molar-refractivity contribution is 0.112. The number of carbonyl (C=O) groups is 1. The summed E-state index contributed by atoms with van der Waals surface area (Å²) in [6.45, 7) is 5.04. The Hall–Kier alpha value is -3.30. The lowest BCUT2D eigenvalue weighted by Crippen LogP contribution is -2.51. The zero-order chi connectivity index (χ0) is 23.4. The third-order valence-corrected chi connectivity index (χ3v) is 6.05. The maximum absolute atomic E-state index is 13.9. The third-order valence-electron chi connectivity index (χ3n) is 6.05. The largest absolute Gasteiger partial charge is 0.383 e. The van der Waals surface area contributed by atoms with Gasteiger partial charge in [0, 0.05) is 33.3 Å². The van der Waals surface area contributed by atoms with Crippen molar-refractivity contribution in [3.05, 3.63) is 70.5 Å². The average molecular weight is 454 g/mol. The summed E-state index contributed by atoms with van der Waals surface area (Å²) in [4.78, 5) is 34.4. The van der Waals surface area contributed by atoms with Gasteiger partial charge in [0.15, 0.2) is 0 Å². The van der Waals surface area contributed by atoms with E-state index in [0.717, 1.165) is 0 Å². The van der Waals surface area contributed by atoms with E-state index in [9.17, 15) is 14.0 Å². The Morgan fingerprint density at radius 1 is 1.12 bits per heavy atom. The van der Waals surface area contributed by atoms with Crippen LogP contribution in [0.15, 0.2) is 53.3 Å². The van der Waals surface area contributed by atoms with E-state index in [1.807, 2.05) is 25.1 Å². The average Bonchev–Trinajstić information content (AvgIpc) is 2.84. The summed E-state index contributed by atoms with van der Waals surface area (Å²) in [6, 6.07) is 13.0. The molecule has 0 aliphatic carbocycles. The third kappa shape index (κ3) is 4.89. The second-order valence-corrected chi connectivity index (χ2v) is 8.05. The first kappa shape index (κ1) is 22.9. The summed E-state index contributed by atoms with van der Waals surface area (Å²) in [7, 11) is 1.61. The number of aromatic nitrogens is 2. The number of nitrogens with one attached hydrogen (secondary N) is 1. The molecular weight excluding hydrogens is 425 g/mol.